The average Bonchev–Trinajstić information content (AvgIpc) is 3.23. The second-order valence-electron chi connectivity index (χ2n) is 7.72. The van der Waals surface area contributed by atoms with Gasteiger partial charge in [-0.2, -0.15) is 0 Å². The quantitative estimate of drug-likeness (QED) is 0.634. The predicted octanol–water partition coefficient (Wildman–Crippen LogP) is 1.26. The van der Waals surface area contributed by atoms with Gasteiger partial charge in [-0.3, -0.25) is 0 Å². The first-order valence-corrected chi connectivity index (χ1v) is 10.3. The monoisotopic (exact) mass is 411 g/mol. The minimum Gasteiger partial charge on any atom is -0.383 e. The Morgan fingerprint density at radius 2 is 1.77 bits per heavy atom. The zero-order valence-corrected chi connectivity index (χ0v) is 17.5. The van der Waals surface area contributed by atoms with E-state index in [2.05, 4.69) is 51.6 Å². The van der Waals surface area contributed by atoms with Crippen molar-refractivity contribution in [3.8, 4) is 0 Å². The van der Waals surface area contributed by atoms with Crippen molar-refractivity contribution in [1.82, 2.24) is 20.2 Å². The maximum atomic E-state index is 13.3. The van der Waals surface area contributed by atoms with Crippen LogP contribution >= 0.6 is 0 Å². The summed E-state index contributed by atoms with van der Waals surface area (Å²) in [5, 5.41) is 12.6. The summed E-state index contributed by atoms with van der Waals surface area (Å²) in [5.74, 6) is 0.659. The van der Waals surface area contributed by atoms with Gasteiger partial charge in [-0.25, -0.2) is 9.07 Å². The number of nitrogens with one attached hydrogen (secondary N) is 1. The summed E-state index contributed by atoms with van der Waals surface area (Å²) in [6.45, 7) is 6.93. The summed E-state index contributed by atoms with van der Waals surface area (Å²) in [6, 6.07) is 15.4. The second kappa shape index (κ2) is 9.32. The van der Waals surface area contributed by atoms with Crippen LogP contribution in [0.3, 0.4) is 0 Å². The third-order valence-electron chi connectivity index (χ3n) is 5.74. The molecule has 158 valence electrons. The van der Waals surface area contributed by atoms with Crippen LogP contribution in [0.1, 0.15) is 23.0 Å². The van der Waals surface area contributed by atoms with Crippen molar-refractivity contribution in [3.63, 3.8) is 0 Å². The molecule has 1 aliphatic heterocycles. The van der Waals surface area contributed by atoms with Crippen LogP contribution in [0, 0.1) is 12.7 Å². The molecule has 0 radical (unpaired) electrons. The molecule has 3 aromatic rings. The number of quaternary nitrogens is 1. The standard InChI is InChI=1S/C22H27FN6O/c1-17-3-5-18(6-4-17)21(22-24-25-26-29(22)15-16-30-2)28-13-11-27(12-14-28)20-9-7-19(23)8-10-20/h3-10,21H,11-16H2,1-2H3/p+1/t21-/m1/s1. The molecule has 0 amide bonds. The highest BCUT2D eigenvalue weighted by molar-refractivity contribution is 5.46. The number of ether oxygens (including phenoxy) is 1. The molecule has 0 saturated carbocycles. The Hall–Kier alpha value is -2.84. The molecule has 1 atom stereocenters. The largest absolute Gasteiger partial charge is 0.383 e. The summed E-state index contributed by atoms with van der Waals surface area (Å²) in [5.41, 5.74) is 3.50. The van der Waals surface area contributed by atoms with E-state index in [-0.39, 0.29) is 11.9 Å². The molecule has 4 rings (SSSR count). The maximum absolute atomic E-state index is 13.3. The Kier molecular flexibility index (Phi) is 6.35. The van der Waals surface area contributed by atoms with E-state index in [0.29, 0.717) is 13.2 Å². The van der Waals surface area contributed by atoms with E-state index in [9.17, 15) is 4.39 Å². The van der Waals surface area contributed by atoms with Crippen LogP contribution in [0.4, 0.5) is 10.1 Å². The highest BCUT2D eigenvalue weighted by Gasteiger charge is 2.34. The van der Waals surface area contributed by atoms with Gasteiger partial charge in [0, 0.05) is 18.4 Å². The summed E-state index contributed by atoms with van der Waals surface area (Å²) in [6.07, 6.45) is 0. The molecular weight excluding hydrogens is 383 g/mol. The molecule has 1 aromatic heterocycles. The van der Waals surface area contributed by atoms with E-state index in [1.807, 2.05) is 16.8 Å². The van der Waals surface area contributed by atoms with Crippen LogP contribution in [0.2, 0.25) is 0 Å². The number of piperazine rings is 1. The van der Waals surface area contributed by atoms with Gasteiger partial charge in [-0.1, -0.05) is 29.8 Å². The number of anilines is 1. The van der Waals surface area contributed by atoms with Gasteiger partial charge in [-0.15, -0.1) is 5.10 Å². The van der Waals surface area contributed by atoms with E-state index in [4.69, 9.17) is 4.74 Å². The predicted molar refractivity (Wildman–Crippen MR) is 112 cm³/mol. The normalized spacial score (nSPS) is 16.0. The molecule has 0 spiro atoms. The van der Waals surface area contributed by atoms with E-state index in [0.717, 1.165) is 37.7 Å². The van der Waals surface area contributed by atoms with Crippen molar-refractivity contribution < 1.29 is 14.0 Å². The topological polar surface area (TPSA) is 60.5 Å². The highest BCUT2D eigenvalue weighted by atomic mass is 19.1. The Morgan fingerprint density at radius 3 is 2.43 bits per heavy atom. The number of rotatable bonds is 7. The average molecular weight is 412 g/mol. The molecule has 1 N–H and O–H groups in total. The summed E-state index contributed by atoms with van der Waals surface area (Å²) in [4.78, 5) is 3.73. The molecule has 0 aliphatic carbocycles. The SMILES string of the molecule is COCCn1nnnc1[C@@H](c1ccc(C)cc1)[NH+]1CCN(c2ccc(F)cc2)CC1. The number of hydrogen-bond acceptors (Lipinski definition) is 5. The number of nitrogens with zero attached hydrogens (tertiary/aromatic N) is 5. The van der Waals surface area contributed by atoms with Gasteiger partial charge in [0.2, 0.25) is 5.82 Å². The lowest BCUT2D eigenvalue weighted by molar-refractivity contribution is -0.927. The summed E-state index contributed by atoms with van der Waals surface area (Å²) < 4.78 is 20.4. The van der Waals surface area contributed by atoms with Crippen molar-refractivity contribution in [2.24, 2.45) is 0 Å². The van der Waals surface area contributed by atoms with Gasteiger partial charge in [0.25, 0.3) is 0 Å². The number of aryl methyl sites for hydroxylation is 1. The van der Waals surface area contributed by atoms with Gasteiger partial charge in [-0.05, 0) is 41.6 Å². The van der Waals surface area contributed by atoms with Crippen LogP contribution in [-0.2, 0) is 11.3 Å². The molecule has 1 fully saturated rings. The third kappa shape index (κ3) is 4.49. The van der Waals surface area contributed by atoms with Gasteiger partial charge >= 0.3 is 0 Å². The lowest BCUT2D eigenvalue weighted by Gasteiger charge is -2.37. The number of methoxy groups -OCH3 is 1. The van der Waals surface area contributed by atoms with Crippen LogP contribution in [-0.4, -0.2) is 60.1 Å². The maximum Gasteiger partial charge on any atom is 0.214 e. The Bertz CT molecular complexity index is 935. The molecule has 2 heterocycles. The van der Waals surface area contributed by atoms with E-state index in [1.54, 1.807) is 7.11 Å². The van der Waals surface area contributed by atoms with Gasteiger partial charge < -0.3 is 14.5 Å². The van der Waals surface area contributed by atoms with Crippen molar-refractivity contribution in [2.75, 3.05) is 44.8 Å². The number of aromatic nitrogens is 4. The molecular formula is C22H28FN6O+. The Labute approximate surface area is 176 Å². The van der Waals surface area contributed by atoms with Gasteiger partial charge in [0.15, 0.2) is 6.04 Å². The first kappa shape index (κ1) is 20.4. The van der Waals surface area contributed by atoms with E-state index in [1.165, 1.54) is 28.2 Å². The number of benzene rings is 2. The minimum absolute atomic E-state index is 0.0489. The zero-order chi connectivity index (χ0) is 20.9. The minimum atomic E-state index is -0.203. The van der Waals surface area contributed by atoms with Gasteiger partial charge in [0.1, 0.15) is 5.82 Å². The number of hydrogen-bond donors (Lipinski definition) is 1. The second-order valence-corrected chi connectivity index (χ2v) is 7.72. The van der Waals surface area contributed by atoms with E-state index >= 15 is 0 Å². The molecule has 30 heavy (non-hydrogen) atoms. The van der Waals surface area contributed by atoms with Crippen molar-refractivity contribution in [2.45, 2.75) is 19.5 Å². The zero-order valence-electron chi connectivity index (χ0n) is 17.5. The first-order valence-electron chi connectivity index (χ1n) is 10.3. The Morgan fingerprint density at radius 1 is 1.07 bits per heavy atom. The third-order valence-corrected chi connectivity index (χ3v) is 5.74. The molecule has 0 bridgehead atoms. The molecule has 7 nitrogen and oxygen atoms in total. The first-order chi connectivity index (χ1) is 14.7. The Balaban J connectivity index is 1.57. The van der Waals surface area contributed by atoms with Crippen LogP contribution < -0.4 is 9.80 Å². The highest BCUT2D eigenvalue weighted by Crippen LogP contribution is 2.20. The van der Waals surface area contributed by atoms with Crippen molar-refractivity contribution in [1.29, 1.82) is 0 Å². The fourth-order valence-electron chi connectivity index (χ4n) is 4.07. The molecule has 1 aliphatic rings. The summed E-state index contributed by atoms with van der Waals surface area (Å²) in [7, 11) is 1.68. The molecule has 2 aromatic carbocycles. The number of tetrazole rings is 1. The smallest absolute Gasteiger partial charge is 0.214 e. The fraction of sp³-hybridized carbons (Fsp3) is 0.409. The summed E-state index contributed by atoms with van der Waals surface area (Å²) >= 11 is 0. The molecule has 0 unspecified atom stereocenters. The van der Waals surface area contributed by atoms with Crippen LogP contribution in [0.25, 0.3) is 0 Å². The van der Waals surface area contributed by atoms with Crippen molar-refractivity contribution in [3.05, 3.63) is 71.3 Å². The van der Waals surface area contributed by atoms with E-state index < -0.39 is 0 Å². The van der Waals surface area contributed by atoms with Gasteiger partial charge in [0.05, 0.1) is 39.3 Å². The van der Waals surface area contributed by atoms with Crippen molar-refractivity contribution >= 4 is 5.69 Å². The van der Waals surface area contributed by atoms with Crippen LogP contribution in [0.15, 0.2) is 48.5 Å². The molecule has 1 saturated heterocycles. The number of halogens is 1. The lowest BCUT2D eigenvalue weighted by atomic mass is 10.0. The molecule has 8 heteroatoms. The van der Waals surface area contributed by atoms with Crippen LogP contribution in [0.5, 0.6) is 0 Å². The lowest BCUT2D eigenvalue weighted by Crippen LogP contribution is -3.15. The fourth-order valence-corrected chi connectivity index (χ4v) is 4.07.